The molecular formula is C25H25NO5S2. The Hall–Kier alpha value is -2.97. The number of piperidine rings is 1. The lowest BCUT2D eigenvalue weighted by Gasteiger charge is -2.32. The van der Waals surface area contributed by atoms with Gasteiger partial charge in [0.1, 0.15) is 5.75 Å². The number of ether oxygens (including phenoxy) is 2. The molecule has 33 heavy (non-hydrogen) atoms. The van der Waals surface area contributed by atoms with Crippen molar-refractivity contribution < 1.29 is 23.9 Å². The van der Waals surface area contributed by atoms with Crippen LogP contribution in [0.25, 0.3) is 0 Å². The molecule has 0 N–H and O–H groups in total. The van der Waals surface area contributed by atoms with E-state index < -0.39 is 18.0 Å². The maximum atomic E-state index is 13.0. The zero-order valence-corrected chi connectivity index (χ0v) is 19.7. The number of hydrogen-bond donors (Lipinski definition) is 0. The van der Waals surface area contributed by atoms with Gasteiger partial charge in [0.05, 0.1) is 28.7 Å². The Balaban J connectivity index is 1.34. The fourth-order valence-electron chi connectivity index (χ4n) is 3.77. The number of carbonyl (C=O) groups is 3. The molecule has 8 heteroatoms. The lowest BCUT2D eigenvalue weighted by Crippen LogP contribution is -2.43. The number of thiophene rings is 2. The first-order valence-electron chi connectivity index (χ1n) is 10.9. The Morgan fingerprint density at radius 3 is 2.52 bits per heavy atom. The Kier molecular flexibility index (Phi) is 7.91. The predicted octanol–water partition coefficient (Wildman–Crippen LogP) is 4.98. The first kappa shape index (κ1) is 23.2. The van der Waals surface area contributed by atoms with Gasteiger partial charge in [0.15, 0.2) is 6.10 Å². The van der Waals surface area contributed by atoms with Crippen LogP contribution in [0.1, 0.15) is 39.9 Å². The van der Waals surface area contributed by atoms with Gasteiger partial charge >= 0.3 is 5.97 Å². The fraction of sp³-hybridized carbons (Fsp3) is 0.320. The molecule has 3 heterocycles. The highest BCUT2D eigenvalue weighted by atomic mass is 32.1. The van der Waals surface area contributed by atoms with E-state index in [0.29, 0.717) is 35.7 Å². The standard InChI is InChI=1S/C25H25NO5S2/c27-22(12-14-30-19-8-2-1-3-9-19)26-13-4-7-18(17-26)25(29)31-24(21-11-6-16-33-21)23(28)20-10-5-15-32-20/h1-3,5-6,8-11,15-16,18,24H,4,7,12-14,17H2. The van der Waals surface area contributed by atoms with Crippen molar-refractivity contribution in [2.45, 2.75) is 25.4 Å². The van der Waals surface area contributed by atoms with Gasteiger partial charge in [-0.2, -0.15) is 0 Å². The predicted molar refractivity (Wildman–Crippen MR) is 128 cm³/mol. The number of Topliss-reactive ketones (excluding diaryl/α,β-unsaturated/α-hetero) is 1. The van der Waals surface area contributed by atoms with Crippen LogP contribution in [-0.4, -0.2) is 42.3 Å². The molecule has 3 aromatic rings. The van der Waals surface area contributed by atoms with E-state index in [1.807, 2.05) is 47.2 Å². The summed E-state index contributed by atoms with van der Waals surface area (Å²) in [4.78, 5) is 41.6. The fourth-order valence-corrected chi connectivity index (χ4v) is 5.20. The molecule has 1 amide bonds. The minimum atomic E-state index is -0.957. The van der Waals surface area contributed by atoms with Crippen LogP contribution < -0.4 is 4.74 Å². The zero-order valence-electron chi connectivity index (χ0n) is 18.1. The van der Waals surface area contributed by atoms with Crippen molar-refractivity contribution in [3.63, 3.8) is 0 Å². The molecule has 0 radical (unpaired) electrons. The third-order valence-electron chi connectivity index (χ3n) is 5.47. The second-order valence-electron chi connectivity index (χ2n) is 7.76. The first-order valence-corrected chi connectivity index (χ1v) is 12.6. The minimum Gasteiger partial charge on any atom is -0.493 e. The van der Waals surface area contributed by atoms with Crippen LogP contribution in [0.15, 0.2) is 65.4 Å². The Morgan fingerprint density at radius 2 is 1.79 bits per heavy atom. The molecule has 0 spiro atoms. The van der Waals surface area contributed by atoms with E-state index in [9.17, 15) is 14.4 Å². The Bertz CT molecular complexity index is 1050. The van der Waals surface area contributed by atoms with Crippen molar-refractivity contribution in [1.29, 1.82) is 0 Å². The molecule has 1 aromatic carbocycles. The van der Waals surface area contributed by atoms with Crippen LogP contribution in [0.3, 0.4) is 0 Å². The van der Waals surface area contributed by atoms with Gasteiger partial charge in [-0.05, 0) is 47.9 Å². The highest BCUT2D eigenvalue weighted by molar-refractivity contribution is 7.12. The number of ketones is 1. The van der Waals surface area contributed by atoms with Crippen molar-refractivity contribution in [1.82, 2.24) is 4.90 Å². The molecule has 1 saturated heterocycles. The van der Waals surface area contributed by atoms with Gasteiger partial charge in [0.25, 0.3) is 0 Å². The average molecular weight is 484 g/mol. The molecule has 2 atom stereocenters. The van der Waals surface area contributed by atoms with Crippen molar-refractivity contribution in [2.24, 2.45) is 5.92 Å². The number of esters is 1. The van der Waals surface area contributed by atoms with Crippen molar-refractivity contribution in [3.8, 4) is 5.75 Å². The number of nitrogens with zero attached hydrogens (tertiary/aromatic N) is 1. The topological polar surface area (TPSA) is 72.9 Å². The summed E-state index contributed by atoms with van der Waals surface area (Å²) in [6.45, 7) is 1.19. The molecule has 0 aliphatic carbocycles. The van der Waals surface area contributed by atoms with E-state index in [2.05, 4.69) is 0 Å². The van der Waals surface area contributed by atoms with Gasteiger partial charge in [0.2, 0.25) is 11.7 Å². The van der Waals surface area contributed by atoms with E-state index in [4.69, 9.17) is 9.47 Å². The normalized spacial score (nSPS) is 16.7. The van der Waals surface area contributed by atoms with E-state index >= 15 is 0 Å². The molecular weight excluding hydrogens is 458 g/mol. The lowest BCUT2D eigenvalue weighted by atomic mass is 9.97. The molecule has 1 aliphatic rings. The summed E-state index contributed by atoms with van der Waals surface area (Å²) < 4.78 is 11.4. The Labute approximate surface area is 200 Å². The highest BCUT2D eigenvalue weighted by Gasteiger charge is 2.34. The van der Waals surface area contributed by atoms with Gasteiger partial charge in [-0.15, -0.1) is 22.7 Å². The van der Waals surface area contributed by atoms with E-state index in [0.717, 1.165) is 5.75 Å². The number of carbonyl (C=O) groups excluding carboxylic acids is 3. The van der Waals surface area contributed by atoms with Crippen LogP contribution in [0, 0.1) is 5.92 Å². The summed E-state index contributed by atoms with van der Waals surface area (Å²) in [5.74, 6) is -0.427. The smallest absolute Gasteiger partial charge is 0.311 e. The van der Waals surface area contributed by atoms with Gasteiger partial charge in [-0.1, -0.05) is 30.3 Å². The number of hydrogen-bond acceptors (Lipinski definition) is 7. The number of benzene rings is 1. The van der Waals surface area contributed by atoms with Crippen LogP contribution in [-0.2, 0) is 14.3 Å². The molecule has 2 aromatic heterocycles. The quantitative estimate of drug-likeness (QED) is 0.317. The largest absolute Gasteiger partial charge is 0.493 e. The van der Waals surface area contributed by atoms with Crippen molar-refractivity contribution >= 4 is 40.3 Å². The summed E-state index contributed by atoms with van der Waals surface area (Å²) >= 11 is 2.71. The molecule has 0 bridgehead atoms. The van der Waals surface area contributed by atoms with Crippen molar-refractivity contribution in [3.05, 3.63) is 75.1 Å². The molecule has 6 nitrogen and oxygen atoms in total. The van der Waals surface area contributed by atoms with Gasteiger partial charge in [0, 0.05) is 13.1 Å². The third-order valence-corrected chi connectivity index (χ3v) is 7.27. The summed E-state index contributed by atoms with van der Waals surface area (Å²) in [5, 5.41) is 3.68. The van der Waals surface area contributed by atoms with Gasteiger partial charge < -0.3 is 14.4 Å². The number of likely N-dealkylation sites (tertiary alicyclic amines) is 1. The van der Waals surface area contributed by atoms with Crippen LogP contribution in [0.4, 0.5) is 0 Å². The molecule has 172 valence electrons. The van der Waals surface area contributed by atoms with E-state index in [1.165, 1.54) is 22.7 Å². The molecule has 4 rings (SSSR count). The second-order valence-corrected chi connectivity index (χ2v) is 9.69. The van der Waals surface area contributed by atoms with Crippen LogP contribution in [0.2, 0.25) is 0 Å². The lowest BCUT2D eigenvalue weighted by molar-refractivity contribution is -0.155. The second kappa shape index (κ2) is 11.2. The zero-order chi connectivity index (χ0) is 23.0. The average Bonchev–Trinajstić information content (AvgIpc) is 3.57. The number of rotatable bonds is 9. The van der Waals surface area contributed by atoms with Crippen LogP contribution >= 0.6 is 22.7 Å². The Morgan fingerprint density at radius 1 is 1.00 bits per heavy atom. The maximum absolute atomic E-state index is 13.0. The molecule has 1 aliphatic heterocycles. The highest BCUT2D eigenvalue weighted by Crippen LogP contribution is 2.30. The number of amides is 1. The third kappa shape index (κ3) is 6.09. The summed E-state index contributed by atoms with van der Waals surface area (Å²) in [6.07, 6.45) is 0.633. The minimum absolute atomic E-state index is 0.0482. The number of para-hydroxylation sites is 1. The van der Waals surface area contributed by atoms with Gasteiger partial charge in [-0.25, -0.2) is 0 Å². The van der Waals surface area contributed by atoms with Crippen molar-refractivity contribution in [2.75, 3.05) is 19.7 Å². The SMILES string of the molecule is O=C(OC(C(=O)c1cccs1)c1cccs1)C1CCCN(C(=O)CCOc2ccccc2)C1. The van der Waals surface area contributed by atoms with Crippen LogP contribution in [0.5, 0.6) is 5.75 Å². The van der Waals surface area contributed by atoms with E-state index in [1.54, 1.807) is 23.1 Å². The van der Waals surface area contributed by atoms with E-state index in [-0.39, 0.29) is 24.7 Å². The molecule has 0 saturated carbocycles. The maximum Gasteiger partial charge on any atom is 0.311 e. The molecule has 2 unspecified atom stereocenters. The monoisotopic (exact) mass is 483 g/mol. The molecule has 1 fully saturated rings. The summed E-state index contributed by atoms with van der Waals surface area (Å²) in [6, 6.07) is 16.5. The van der Waals surface area contributed by atoms with Gasteiger partial charge in [-0.3, -0.25) is 14.4 Å². The summed E-state index contributed by atoms with van der Waals surface area (Å²) in [7, 11) is 0. The first-order chi connectivity index (χ1) is 16.1. The summed E-state index contributed by atoms with van der Waals surface area (Å²) in [5.41, 5.74) is 0.